The Bertz CT molecular complexity index is 1560. The minimum absolute atomic E-state index is 0.0129. The predicted molar refractivity (Wildman–Crippen MR) is 162 cm³/mol. The highest BCUT2D eigenvalue weighted by Crippen LogP contribution is 2.30. The predicted octanol–water partition coefficient (Wildman–Crippen LogP) is 4.06. The summed E-state index contributed by atoms with van der Waals surface area (Å²) >= 11 is 5.95. The van der Waals surface area contributed by atoms with E-state index in [1.54, 1.807) is 43.9 Å². The van der Waals surface area contributed by atoms with Crippen LogP contribution in [0.4, 0.5) is 16.2 Å². The van der Waals surface area contributed by atoms with Crippen molar-refractivity contribution in [3.05, 3.63) is 64.5 Å². The van der Waals surface area contributed by atoms with E-state index < -0.39 is 28.2 Å². The van der Waals surface area contributed by atoms with Gasteiger partial charge in [0.15, 0.2) is 5.76 Å². The number of nitrogens with one attached hydrogen (secondary N) is 2. The van der Waals surface area contributed by atoms with Crippen molar-refractivity contribution in [3.8, 4) is 5.75 Å². The van der Waals surface area contributed by atoms with Crippen LogP contribution in [0.1, 0.15) is 30.9 Å². The molecular formula is C29H36ClN5O7S. The number of halogens is 1. The summed E-state index contributed by atoms with van der Waals surface area (Å²) in [6.45, 7) is 6.98. The van der Waals surface area contributed by atoms with E-state index >= 15 is 0 Å². The number of carbonyl (C=O) groups is 2. The van der Waals surface area contributed by atoms with Crippen molar-refractivity contribution in [3.63, 3.8) is 0 Å². The van der Waals surface area contributed by atoms with Gasteiger partial charge in [-0.2, -0.15) is 4.31 Å². The molecule has 3 aromatic rings. The Kier molecular flexibility index (Phi) is 10.0. The molecule has 0 spiro atoms. The second kappa shape index (κ2) is 13.3. The third-order valence-corrected chi connectivity index (χ3v) is 9.49. The molecular weight excluding hydrogens is 598 g/mol. The highest BCUT2D eigenvalue weighted by Gasteiger charge is 2.33. The summed E-state index contributed by atoms with van der Waals surface area (Å²) in [5.74, 6) is 0.295. The largest absolute Gasteiger partial charge is 0.488 e. The Morgan fingerprint density at radius 3 is 2.53 bits per heavy atom. The molecule has 0 radical (unpaired) electrons. The molecule has 2 aromatic carbocycles. The molecule has 1 aromatic heterocycles. The van der Waals surface area contributed by atoms with Gasteiger partial charge in [-0.15, -0.1) is 0 Å². The minimum atomic E-state index is -3.87. The van der Waals surface area contributed by atoms with Crippen LogP contribution in [0.25, 0.3) is 0 Å². The number of anilines is 2. The molecule has 0 saturated carbocycles. The number of ether oxygens (including phenoxy) is 1. The Labute approximate surface area is 256 Å². The zero-order valence-corrected chi connectivity index (χ0v) is 26.2. The van der Waals surface area contributed by atoms with Gasteiger partial charge in [0.1, 0.15) is 23.2 Å². The number of fused-ring (bicyclic) bond motifs is 1. The van der Waals surface area contributed by atoms with Gasteiger partial charge >= 0.3 is 6.03 Å². The van der Waals surface area contributed by atoms with Crippen molar-refractivity contribution < 1.29 is 32.4 Å². The molecule has 3 atom stereocenters. The van der Waals surface area contributed by atoms with Crippen LogP contribution in [0.15, 0.2) is 51.9 Å². The first-order chi connectivity index (χ1) is 20.3. The number of hydrogen-bond acceptors (Lipinski definition) is 8. The first kappa shape index (κ1) is 32.3. The number of benzene rings is 2. The quantitative estimate of drug-likeness (QED) is 0.336. The lowest BCUT2D eigenvalue weighted by Gasteiger charge is -2.33. The highest BCUT2D eigenvalue weighted by atomic mass is 35.5. The molecule has 0 saturated heterocycles. The van der Waals surface area contributed by atoms with E-state index in [-0.39, 0.29) is 42.8 Å². The van der Waals surface area contributed by atoms with E-state index in [1.807, 2.05) is 6.92 Å². The molecule has 43 heavy (non-hydrogen) atoms. The van der Waals surface area contributed by atoms with Crippen molar-refractivity contribution in [1.82, 2.24) is 14.4 Å². The third kappa shape index (κ3) is 7.47. The van der Waals surface area contributed by atoms with E-state index in [0.29, 0.717) is 39.2 Å². The lowest BCUT2D eigenvalue weighted by Crippen LogP contribution is -2.48. The van der Waals surface area contributed by atoms with Crippen molar-refractivity contribution in [1.29, 1.82) is 0 Å². The SMILES string of the molecule is Cc1noc(C)c1NC(=O)Nc1ccc2c(c1)CC(=O)N([C@H](C)CO)C[C@H](C)[C@H](CN(C)S(=O)(=O)c1ccc(Cl)cc1)O2. The molecule has 1 aliphatic rings. The maximum Gasteiger partial charge on any atom is 0.323 e. The number of carbonyl (C=O) groups excluding carboxylic acids is 2. The summed E-state index contributed by atoms with van der Waals surface area (Å²) < 4.78 is 39.4. The number of aliphatic hydroxyl groups excluding tert-OH is 1. The number of sulfonamides is 1. The van der Waals surface area contributed by atoms with Crippen LogP contribution in [0.2, 0.25) is 5.02 Å². The Hall–Kier alpha value is -3.65. The molecule has 14 heteroatoms. The number of likely N-dealkylation sites (N-methyl/N-ethyl adjacent to an activating group) is 1. The molecule has 3 N–H and O–H groups in total. The molecule has 0 bridgehead atoms. The molecule has 3 amide bonds. The van der Waals surface area contributed by atoms with E-state index in [1.165, 1.54) is 35.6 Å². The van der Waals surface area contributed by atoms with Crippen LogP contribution >= 0.6 is 11.6 Å². The molecule has 232 valence electrons. The first-order valence-electron chi connectivity index (χ1n) is 13.7. The monoisotopic (exact) mass is 633 g/mol. The molecule has 2 heterocycles. The van der Waals surface area contributed by atoms with Gasteiger partial charge in [0.25, 0.3) is 0 Å². The van der Waals surface area contributed by atoms with Crippen LogP contribution in [-0.4, -0.2) is 78.7 Å². The second-order valence-electron chi connectivity index (χ2n) is 10.7. The van der Waals surface area contributed by atoms with Crippen molar-refractivity contribution in [2.75, 3.05) is 37.4 Å². The molecule has 0 unspecified atom stereocenters. The van der Waals surface area contributed by atoms with E-state index in [4.69, 9.17) is 20.9 Å². The Morgan fingerprint density at radius 1 is 1.21 bits per heavy atom. The fraction of sp³-hybridized carbons (Fsp3) is 0.414. The van der Waals surface area contributed by atoms with Gasteiger partial charge in [-0.1, -0.05) is 23.7 Å². The molecule has 12 nitrogen and oxygen atoms in total. The topological polar surface area (TPSA) is 154 Å². The average Bonchev–Trinajstić information content (AvgIpc) is 3.29. The van der Waals surface area contributed by atoms with Crippen LogP contribution in [0.3, 0.4) is 0 Å². The summed E-state index contributed by atoms with van der Waals surface area (Å²) in [6.07, 6.45) is -0.717. The number of rotatable bonds is 8. The van der Waals surface area contributed by atoms with E-state index in [9.17, 15) is 23.1 Å². The number of amides is 3. The number of urea groups is 1. The number of hydrogen-bond donors (Lipinski definition) is 3. The Balaban J connectivity index is 1.62. The van der Waals surface area contributed by atoms with Gasteiger partial charge in [0, 0.05) is 35.8 Å². The zero-order valence-electron chi connectivity index (χ0n) is 24.6. The van der Waals surface area contributed by atoms with Gasteiger partial charge in [0.05, 0.1) is 30.5 Å². The molecule has 1 aliphatic heterocycles. The fourth-order valence-electron chi connectivity index (χ4n) is 4.80. The standard InChI is InChI=1S/C29H36ClN5O7S/c1-17-14-35(18(2)16-36)27(37)13-21-12-23(31-29(38)32-28-19(3)33-42-20(28)4)8-11-25(21)41-26(17)15-34(5)43(39,40)24-9-6-22(30)7-10-24/h6-12,17-18,26,36H,13-16H2,1-5H3,(H2,31,32,38)/t17-,18+,26-/m0/s1. The summed E-state index contributed by atoms with van der Waals surface area (Å²) in [7, 11) is -2.40. The van der Waals surface area contributed by atoms with Gasteiger partial charge in [-0.3, -0.25) is 4.79 Å². The molecule has 4 rings (SSSR count). The maximum atomic E-state index is 13.5. The first-order valence-corrected chi connectivity index (χ1v) is 15.5. The van der Waals surface area contributed by atoms with E-state index in [2.05, 4.69) is 15.8 Å². The molecule has 0 aliphatic carbocycles. The number of nitrogens with zero attached hydrogens (tertiary/aromatic N) is 3. The van der Waals surface area contributed by atoms with E-state index in [0.717, 1.165) is 0 Å². The van der Waals surface area contributed by atoms with Crippen molar-refractivity contribution >= 4 is 44.9 Å². The van der Waals surface area contributed by atoms with Crippen molar-refractivity contribution in [2.45, 2.75) is 51.2 Å². The average molecular weight is 634 g/mol. The van der Waals surface area contributed by atoms with Crippen LogP contribution in [-0.2, 0) is 21.2 Å². The van der Waals surface area contributed by atoms with Crippen molar-refractivity contribution in [2.24, 2.45) is 5.92 Å². The summed E-state index contributed by atoms with van der Waals surface area (Å²) in [4.78, 5) is 27.9. The lowest BCUT2D eigenvalue weighted by molar-refractivity contribution is -0.134. The van der Waals surface area contributed by atoms with Gasteiger partial charge in [0.2, 0.25) is 15.9 Å². The highest BCUT2D eigenvalue weighted by molar-refractivity contribution is 7.89. The maximum absolute atomic E-state index is 13.5. The normalized spacial score (nSPS) is 18.2. The Morgan fingerprint density at radius 2 is 1.91 bits per heavy atom. The fourth-order valence-corrected chi connectivity index (χ4v) is 6.11. The van der Waals surface area contributed by atoms with Gasteiger partial charge in [-0.25, -0.2) is 13.2 Å². The number of aliphatic hydroxyl groups is 1. The van der Waals surface area contributed by atoms with Crippen LogP contribution < -0.4 is 15.4 Å². The summed E-state index contributed by atoms with van der Waals surface area (Å²) in [6, 6.07) is 9.83. The summed E-state index contributed by atoms with van der Waals surface area (Å²) in [5, 5.41) is 19.6. The smallest absolute Gasteiger partial charge is 0.323 e. The lowest BCUT2D eigenvalue weighted by atomic mass is 10.0. The minimum Gasteiger partial charge on any atom is -0.488 e. The van der Waals surface area contributed by atoms with Gasteiger partial charge < -0.3 is 29.9 Å². The van der Waals surface area contributed by atoms with Crippen LogP contribution in [0.5, 0.6) is 5.75 Å². The zero-order chi connectivity index (χ0) is 31.5. The third-order valence-electron chi connectivity index (χ3n) is 7.41. The van der Waals surface area contributed by atoms with Crippen LogP contribution in [0, 0.1) is 19.8 Å². The number of aromatic nitrogens is 1. The van der Waals surface area contributed by atoms with Gasteiger partial charge in [-0.05, 0) is 63.2 Å². The second-order valence-corrected chi connectivity index (χ2v) is 13.2. The molecule has 0 fully saturated rings. The summed E-state index contributed by atoms with van der Waals surface area (Å²) in [5.41, 5.74) is 1.90. The number of aryl methyl sites for hydroxylation is 2.